The van der Waals surface area contributed by atoms with E-state index in [-0.39, 0.29) is 17.9 Å². The van der Waals surface area contributed by atoms with Crippen LogP contribution in [-0.4, -0.2) is 10.1 Å². The molecule has 0 saturated heterocycles. The number of rotatable bonds is 3. The lowest BCUT2D eigenvalue weighted by Gasteiger charge is -2.00. The van der Waals surface area contributed by atoms with Crippen molar-refractivity contribution in [2.75, 3.05) is 5.73 Å². The second-order valence-corrected chi connectivity index (χ2v) is 4.51. The molecular formula is C15H11F2N3O. The topological polar surface area (TPSA) is 64.9 Å². The highest BCUT2D eigenvalue weighted by molar-refractivity contribution is 5.60. The van der Waals surface area contributed by atoms with Gasteiger partial charge in [-0.3, -0.25) is 0 Å². The molecule has 0 bridgehead atoms. The first-order valence-corrected chi connectivity index (χ1v) is 6.25. The zero-order valence-corrected chi connectivity index (χ0v) is 10.9. The first-order chi connectivity index (χ1) is 10.1. The third-order valence-corrected chi connectivity index (χ3v) is 3.00. The van der Waals surface area contributed by atoms with Crippen molar-refractivity contribution >= 4 is 5.69 Å². The molecule has 0 amide bonds. The van der Waals surface area contributed by atoms with Gasteiger partial charge < -0.3 is 10.3 Å². The average molecular weight is 287 g/mol. The van der Waals surface area contributed by atoms with Crippen molar-refractivity contribution < 1.29 is 13.3 Å². The van der Waals surface area contributed by atoms with E-state index in [1.165, 1.54) is 18.2 Å². The largest absolute Gasteiger partial charge is 0.399 e. The van der Waals surface area contributed by atoms with Gasteiger partial charge in [-0.1, -0.05) is 23.4 Å². The second-order valence-electron chi connectivity index (χ2n) is 4.51. The van der Waals surface area contributed by atoms with E-state index in [1.54, 1.807) is 24.3 Å². The van der Waals surface area contributed by atoms with E-state index in [1.807, 2.05) is 0 Å². The predicted molar refractivity (Wildman–Crippen MR) is 73.3 cm³/mol. The lowest BCUT2D eigenvalue weighted by atomic mass is 10.1. The molecule has 4 nitrogen and oxygen atoms in total. The summed E-state index contributed by atoms with van der Waals surface area (Å²) in [6, 6.07) is 10.6. The molecule has 2 aromatic carbocycles. The van der Waals surface area contributed by atoms with E-state index in [0.29, 0.717) is 17.1 Å². The molecule has 0 spiro atoms. The van der Waals surface area contributed by atoms with Crippen molar-refractivity contribution in [3.8, 4) is 11.4 Å². The van der Waals surface area contributed by atoms with Gasteiger partial charge in [-0.2, -0.15) is 4.98 Å². The Balaban J connectivity index is 1.89. The molecule has 0 saturated carbocycles. The number of anilines is 1. The minimum absolute atomic E-state index is 0.0970. The van der Waals surface area contributed by atoms with Crippen LogP contribution in [0.25, 0.3) is 11.4 Å². The fourth-order valence-corrected chi connectivity index (χ4v) is 1.97. The number of aromatic nitrogens is 2. The fraction of sp³-hybridized carbons (Fsp3) is 0.0667. The third kappa shape index (κ3) is 2.74. The Labute approximate surface area is 119 Å². The Bertz CT molecular complexity index is 766. The summed E-state index contributed by atoms with van der Waals surface area (Å²) < 4.78 is 32.2. The quantitative estimate of drug-likeness (QED) is 0.751. The van der Waals surface area contributed by atoms with Crippen LogP contribution < -0.4 is 5.73 Å². The molecule has 6 heteroatoms. The molecule has 0 fully saturated rings. The van der Waals surface area contributed by atoms with Gasteiger partial charge in [-0.15, -0.1) is 0 Å². The molecule has 0 unspecified atom stereocenters. The molecule has 0 radical (unpaired) electrons. The molecule has 0 aliphatic carbocycles. The Morgan fingerprint density at radius 2 is 1.76 bits per heavy atom. The van der Waals surface area contributed by atoms with E-state index < -0.39 is 11.6 Å². The smallest absolute Gasteiger partial charge is 0.231 e. The summed E-state index contributed by atoms with van der Waals surface area (Å²) in [5.74, 6) is -0.817. The van der Waals surface area contributed by atoms with Gasteiger partial charge in [0.05, 0.1) is 6.42 Å². The fourth-order valence-electron chi connectivity index (χ4n) is 1.97. The lowest BCUT2D eigenvalue weighted by molar-refractivity contribution is 0.382. The monoisotopic (exact) mass is 287 g/mol. The van der Waals surface area contributed by atoms with Gasteiger partial charge in [-0.25, -0.2) is 8.78 Å². The molecule has 21 heavy (non-hydrogen) atoms. The number of nitrogen functional groups attached to an aromatic ring is 1. The van der Waals surface area contributed by atoms with Crippen molar-refractivity contribution in [3.63, 3.8) is 0 Å². The van der Waals surface area contributed by atoms with Crippen molar-refractivity contribution in [3.05, 3.63) is 65.6 Å². The highest BCUT2D eigenvalue weighted by Gasteiger charge is 2.14. The molecule has 0 aliphatic heterocycles. The van der Waals surface area contributed by atoms with E-state index >= 15 is 0 Å². The first-order valence-electron chi connectivity index (χ1n) is 6.25. The van der Waals surface area contributed by atoms with Crippen LogP contribution in [0.4, 0.5) is 14.5 Å². The molecule has 2 N–H and O–H groups in total. The minimum atomic E-state index is -0.640. The molecule has 1 aromatic heterocycles. The summed E-state index contributed by atoms with van der Waals surface area (Å²) >= 11 is 0. The summed E-state index contributed by atoms with van der Waals surface area (Å²) in [5.41, 5.74) is 6.83. The first kappa shape index (κ1) is 13.2. The second kappa shape index (κ2) is 5.32. The van der Waals surface area contributed by atoms with E-state index in [4.69, 9.17) is 10.3 Å². The number of benzene rings is 2. The van der Waals surface area contributed by atoms with Gasteiger partial charge in [0.2, 0.25) is 11.7 Å². The van der Waals surface area contributed by atoms with Gasteiger partial charge in [0.25, 0.3) is 0 Å². The van der Waals surface area contributed by atoms with Crippen LogP contribution in [0.5, 0.6) is 0 Å². The number of nitrogens with zero attached hydrogens (tertiary/aromatic N) is 2. The highest BCUT2D eigenvalue weighted by Crippen LogP contribution is 2.21. The number of nitrogens with two attached hydrogens (primary N) is 1. The highest BCUT2D eigenvalue weighted by atomic mass is 19.1. The van der Waals surface area contributed by atoms with E-state index in [0.717, 1.165) is 0 Å². The van der Waals surface area contributed by atoms with Crippen LogP contribution in [0.3, 0.4) is 0 Å². The van der Waals surface area contributed by atoms with Crippen LogP contribution in [0.1, 0.15) is 11.5 Å². The van der Waals surface area contributed by atoms with Crippen LogP contribution in [0, 0.1) is 11.6 Å². The maximum atomic E-state index is 13.6. The van der Waals surface area contributed by atoms with Crippen LogP contribution in [-0.2, 0) is 6.42 Å². The summed E-state index contributed by atoms with van der Waals surface area (Å²) in [6.45, 7) is 0. The molecular weight excluding hydrogens is 276 g/mol. The summed E-state index contributed by atoms with van der Waals surface area (Å²) in [6.07, 6.45) is -0.103. The molecule has 3 aromatic rings. The van der Waals surface area contributed by atoms with Crippen LogP contribution in [0.15, 0.2) is 47.0 Å². The van der Waals surface area contributed by atoms with Gasteiger partial charge in [0.15, 0.2) is 0 Å². The van der Waals surface area contributed by atoms with Gasteiger partial charge in [0, 0.05) is 16.8 Å². The van der Waals surface area contributed by atoms with E-state index in [2.05, 4.69) is 10.1 Å². The molecule has 106 valence electrons. The van der Waals surface area contributed by atoms with Gasteiger partial charge >= 0.3 is 0 Å². The van der Waals surface area contributed by atoms with Crippen LogP contribution >= 0.6 is 0 Å². The Morgan fingerprint density at radius 1 is 1.05 bits per heavy atom. The molecule has 3 rings (SSSR count). The van der Waals surface area contributed by atoms with Gasteiger partial charge in [0.1, 0.15) is 11.6 Å². The molecule has 0 aliphatic rings. The van der Waals surface area contributed by atoms with E-state index in [9.17, 15) is 8.78 Å². The maximum absolute atomic E-state index is 13.6. The lowest BCUT2D eigenvalue weighted by Crippen LogP contribution is -1.97. The Morgan fingerprint density at radius 3 is 2.48 bits per heavy atom. The Kier molecular flexibility index (Phi) is 3.35. The maximum Gasteiger partial charge on any atom is 0.231 e. The summed E-state index contributed by atoms with van der Waals surface area (Å²) in [7, 11) is 0. The van der Waals surface area contributed by atoms with Crippen molar-refractivity contribution in [2.45, 2.75) is 6.42 Å². The number of hydrogen-bond acceptors (Lipinski definition) is 4. The minimum Gasteiger partial charge on any atom is -0.399 e. The predicted octanol–water partition coefficient (Wildman–Crippen LogP) is 3.19. The summed E-state index contributed by atoms with van der Waals surface area (Å²) in [4.78, 5) is 4.13. The molecule has 0 atom stereocenters. The number of hydrogen-bond donors (Lipinski definition) is 1. The van der Waals surface area contributed by atoms with Crippen molar-refractivity contribution in [1.82, 2.24) is 10.1 Å². The zero-order valence-electron chi connectivity index (χ0n) is 10.9. The zero-order chi connectivity index (χ0) is 14.8. The normalized spacial score (nSPS) is 10.8. The molecule has 1 heterocycles. The average Bonchev–Trinajstić information content (AvgIpc) is 2.92. The number of halogens is 2. The van der Waals surface area contributed by atoms with Crippen molar-refractivity contribution in [1.29, 1.82) is 0 Å². The van der Waals surface area contributed by atoms with Crippen LogP contribution in [0.2, 0.25) is 0 Å². The van der Waals surface area contributed by atoms with Gasteiger partial charge in [-0.05, 0) is 24.3 Å². The third-order valence-electron chi connectivity index (χ3n) is 3.00. The summed E-state index contributed by atoms with van der Waals surface area (Å²) in [5, 5.41) is 3.80. The SMILES string of the molecule is Nc1cccc(-c2noc(Cc3c(F)cccc3F)n2)c1. The Hall–Kier alpha value is -2.76. The van der Waals surface area contributed by atoms with Crippen molar-refractivity contribution in [2.24, 2.45) is 0 Å². The standard InChI is InChI=1S/C15H11F2N3O/c16-12-5-2-6-13(17)11(12)8-14-19-15(20-21-14)9-3-1-4-10(18)7-9/h1-7H,8,18H2.